The molecule has 1 heterocycles. The molecule has 3 nitrogen and oxygen atoms in total. The molecule has 1 saturated heterocycles. The Morgan fingerprint density at radius 1 is 0.881 bits per heavy atom. The van der Waals surface area contributed by atoms with Gasteiger partial charge in [-0.05, 0) is 107 Å². The molecule has 1 aliphatic carbocycles. The molecule has 6 rings (SSSR count). The van der Waals surface area contributed by atoms with Crippen LogP contribution in [-0.2, 0) is 6.42 Å². The number of hydrogen-bond acceptors (Lipinski definition) is 3. The maximum Gasteiger partial charge on any atom is 0.142 e. The monoisotopic (exact) mass is 584 g/mol. The Labute approximate surface area is 251 Å². The molecule has 0 spiro atoms. The number of allylic oxidation sites excluding steroid dienone is 1. The van der Waals surface area contributed by atoms with Crippen LogP contribution in [0.15, 0.2) is 84.9 Å². The first-order chi connectivity index (χ1) is 20.5. The fourth-order valence-corrected chi connectivity index (χ4v) is 6.53. The lowest BCUT2D eigenvalue weighted by Gasteiger charge is -2.19. The van der Waals surface area contributed by atoms with E-state index in [9.17, 15) is 8.78 Å². The number of aryl methyl sites for hydroxylation is 1. The minimum Gasteiger partial charge on any atom is -0.489 e. The van der Waals surface area contributed by atoms with Crippen molar-refractivity contribution in [3.8, 4) is 16.9 Å². The van der Waals surface area contributed by atoms with Gasteiger partial charge in [0.25, 0.3) is 0 Å². The van der Waals surface area contributed by atoms with Crippen molar-refractivity contribution < 1.29 is 13.5 Å². The van der Waals surface area contributed by atoms with E-state index in [0.29, 0.717) is 6.42 Å². The van der Waals surface area contributed by atoms with Gasteiger partial charge in [-0.15, -0.1) is 0 Å². The van der Waals surface area contributed by atoms with E-state index in [2.05, 4.69) is 41.3 Å². The van der Waals surface area contributed by atoms with Crippen molar-refractivity contribution in [2.24, 2.45) is 0 Å². The molecule has 6 heteroatoms. The van der Waals surface area contributed by atoms with Gasteiger partial charge in [0.2, 0.25) is 0 Å². The highest BCUT2D eigenvalue weighted by atomic mass is 35.5. The fraction of sp³-hybridized carbons (Fsp3) is 0.278. The SMILES string of the molecule is Nc1cccc(-c2ccc3c(c2)CCCC(c2cccc(F)c2Cl)=C3c2ccc(O[C@H]3CCN(CCCF)C3)cc2)c1. The molecule has 4 aromatic carbocycles. The van der Waals surface area contributed by atoms with Gasteiger partial charge in [-0.3, -0.25) is 9.29 Å². The zero-order valence-electron chi connectivity index (χ0n) is 23.6. The summed E-state index contributed by atoms with van der Waals surface area (Å²) >= 11 is 6.58. The van der Waals surface area contributed by atoms with Gasteiger partial charge in [0.1, 0.15) is 17.7 Å². The second kappa shape index (κ2) is 12.7. The van der Waals surface area contributed by atoms with Crippen molar-refractivity contribution in [3.63, 3.8) is 0 Å². The second-order valence-electron chi connectivity index (χ2n) is 11.2. The van der Waals surface area contributed by atoms with Gasteiger partial charge in [0.05, 0.1) is 11.7 Å². The van der Waals surface area contributed by atoms with E-state index >= 15 is 0 Å². The number of ether oxygens (including phenoxy) is 1. The number of anilines is 1. The number of fused-ring (bicyclic) bond motifs is 1. The second-order valence-corrected chi connectivity index (χ2v) is 11.6. The Balaban J connectivity index is 1.38. The topological polar surface area (TPSA) is 38.5 Å². The summed E-state index contributed by atoms with van der Waals surface area (Å²) in [5.41, 5.74) is 15.3. The Bertz CT molecular complexity index is 1600. The molecule has 4 aromatic rings. The highest BCUT2D eigenvalue weighted by Gasteiger charge is 2.25. The summed E-state index contributed by atoms with van der Waals surface area (Å²) in [6.45, 7) is 2.24. The summed E-state index contributed by atoms with van der Waals surface area (Å²) in [6.07, 6.45) is 4.19. The van der Waals surface area contributed by atoms with E-state index in [-0.39, 0.29) is 17.8 Å². The predicted molar refractivity (Wildman–Crippen MR) is 169 cm³/mol. The van der Waals surface area contributed by atoms with Gasteiger partial charge in [0, 0.05) is 25.3 Å². The Morgan fingerprint density at radius 3 is 2.48 bits per heavy atom. The summed E-state index contributed by atoms with van der Waals surface area (Å²) in [7, 11) is 0. The summed E-state index contributed by atoms with van der Waals surface area (Å²) < 4.78 is 33.6. The Kier molecular flexibility index (Phi) is 8.59. The first kappa shape index (κ1) is 28.4. The Morgan fingerprint density at radius 2 is 1.67 bits per heavy atom. The third-order valence-electron chi connectivity index (χ3n) is 8.33. The molecule has 42 heavy (non-hydrogen) atoms. The van der Waals surface area contributed by atoms with Gasteiger partial charge in [-0.1, -0.05) is 66.2 Å². The molecular weight excluding hydrogens is 550 g/mol. The highest BCUT2D eigenvalue weighted by Crippen LogP contribution is 2.43. The molecule has 0 amide bonds. The van der Waals surface area contributed by atoms with E-state index in [1.807, 2.05) is 36.4 Å². The molecule has 0 aromatic heterocycles. The number of rotatable bonds is 8. The summed E-state index contributed by atoms with van der Waals surface area (Å²) in [5, 5.41) is 0.156. The van der Waals surface area contributed by atoms with Crippen LogP contribution in [0, 0.1) is 5.82 Å². The van der Waals surface area contributed by atoms with E-state index in [1.54, 1.807) is 6.07 Å². The predicted octanol–water partition coefficient (Wildman–Crippen LogP) is 8.84. The van der Waals surface area contributed by atoms with Crippen molar-refractivity contribution in [1.82, 2.24) is 4.90 Å². The smallest absolute Gasteiger partial charge is 0.142 e. The molecule has 0 unspecified atom stereocenters. The van der Waals surface area contributed by atoms with Crippen LogP contribution in [0.3, 0.4) is 0 Å². The fourth-order valence-electron chi connectivity index (χ4n) is 6.29. The van der Waals surface area contributed by atoms with Crippen LogP contribution in [0.2, 0.25) is 5.02 Å². The van der Waals surface area contributed by atoms with E-state index in [0.717, 1.165) is 95.7 Å². The number of nitrogens with zero attached hydrogens (tertiary/aromatic N) is 1. The molecule has 0 bridgehead atoms. The first-order valence-electron chi connectivity index (χ1n) is 14.7. The third-order valence-corrected chi connectivity index (χ3v) is 8.71. The van der Waals surface area contributed by atoms with Crippen LogP contribution < -0.4 is 10.5 Å². The van der Waals surface area contributed by atoms with Crippen LogP contribution in [0.4, 0.5) is 14.5 Å². The highest BCUT2D eigenvalue weighted by molar-refractivity contribution is 6.33. The average molecular weight is 585 g/mol. The van der Waals surface area contributed by atoms with Gasteiger partial charge in [0.15, 0.2) is 0 Å². The van der Waals surface area contributed by atoms with Crippen LogP contribution in [0.5, 0.6) is 5.75 Å². The van der Waals surface area contributed by atoms with E-state index in [4.69, 9.17) is 22.1 Å². The minimum absolute atomic E-state index is 0.0976. The molecular formula is C36H35ClF2N2O. The number of nitrogens with two attached hydrogens (primary N) is 1. The molecule has 1 atom stereocenters. The van der Waals surface area contributed by atoms with E-state index < -0.39 is 5.82 Å². The third kappa shape index (κ3) is 6.08. The van der Waals surface area contributed by atoms with E-state index in [1.165, 1.54) is 11.6 Å². The standard InChI is InChI=1S/C36H35ClF2N2O/c37-36-33(9-3-10-34(36)39)32-8-2-6-27-21-26(25-5-1-7-28(40)22-25)13-16-31(27)35(32)24-11-14-29(15-12-24)42-30-17-20-41(23-30)19-4-18-38/h1,3,5,7,9-16,21-22,30H,2,4,6,8,17-20,23,40H2/t30-/m0/s1. The molecule has 216 valence electrons. The molecule has 1 fully saturated rings. The number of alkyl halides is 1. The zero-order chi connectivity index (χ0) is 29.1. The lowest BCUT2D eigenvalue weighted by Crippen LogP contribution is -2.26. The van der Waals surface area contributed by atoms with Gasteiger partial charge in [-0.2, -0.15) is 0 Å². The van der Waals surface area contributed by atoms with Gasteiger partial charge >= 0.3 is 0 Å². The Hall–Kier alpha value is -3.67. The number of likely N-dealkylation sites (tertiary alicyclic amines) is 1. The first-order valence-corrected chi connectivity index (χ1v) is 15.1. The average Bonchev–Trinajstić information content (AvgIpc) is 3.36. The van der Waals surface area contributed by atoms with Crippen LogP contribution >= 0.6 is 11.6 Å². The molecule has 0 radical (unpaired) electrons. The lowest BCUT2D eigenvalue weighted by molar-refractivity contribution is 0.198. The molecule has 1 aliphatic heterocycles. The van der Waals surface area contributed by atoms with Crippen LogP contribution in [-0.4, -0.2) is 37.3 Å². The molecule has 0 saturated carbocycles. The van der Waals surface area contributed by atoms with Gasteiger partial charge in [-0.25, -0.2) is 4.39 Å². The maximum atomic E-state index is 14.7. The minimum atomic E-state index is -0.414. The zero-order valence-corrected chi connectivity index (χ0v) is 24.3. The van der Waals surface area contributed by atoms with Crippen molar-refractivity contribution in [2.45, 2.75) is 38.2 Å². The van der Waals surface area contributed by atoms with Crippen molar-refractivity contribution in [3.05, 3.63) is 118 Å². The van der Waals surface area contributed by atoms with Crippen molar-refractivity contribution >= 4 is 28.4 Å². The lowest BCUT2D eigenvalue weighted by atomic mass is 9.86. The molecule has 2 N–H and O–H groups in total. The normalized spacial score (nSPS) is 17.3. The van der Waals surface area contributed by atoms with Crippen molar-refractivity contribution in [1.29, 1.82) is 0 Å². The summed E-state index contributed by atoms with van der Waals surface area (Å²) in [4.78, 5) is 2.26. The quantitative estimate of drug-likeness (QED) is 0.210. The number of hydrogen-bond donors (Lipinski definition) is 1. The number of nitrogen functional groups attached to an aromatic ring is 1. The van der Waals surface area contributed by atoms with Gasteiger partial charge < -0.3 is 10.5 Å². The number of benzene rings is 4. The van der Waals surface area contributed by atoms with Crippen LogP contribution in [0.25, 0.3) is 22.3 Å². The molecule has 2 aliphatic rings. The van der Waals surface area contributed by atoms with Crippen LogP contribution in [0.1, 0.15) is 47.9 Å². The summed E-state index contributed by atoms with van der Waals surface area (Å²) in [6, 6.07) is 27.8. The summed E-state index contributed by atoms with van der Waals surface area (Å²) in [5.74, 6) is 0.399. The maximum absolute atomic E-state index is 14.7. The number of halogens is 3. The van der Waals surface area contributed by atoms with Crippen molar-refractivity contribution in [2.75, 3.05) is 32.0 Å². The largest absolute Gasteiger partial charge is 0.489 e.